The SMILES string of the molecule is CN=C(NCC1Cc2ccccc21)NC1CCN(c2c(F)cccc2F)C1. The van der Waals surface area contributed by atoms with E-state index >= 15 is 0 Å². The lowest BCUT2D eigenvalue weighted by Crippen LogP contribution is -2.46. The Morgan fingerprint density at radius 3 is 2.67 bits per heavy atom. The monoisotopic (exact) mass is 370 g/mol. The molecule has 2 aromatic carbocycles. The molecular weight excluding hydrogens is 346 g/mol. The second kappa shape index (κ2) is 7.55. The van der Waals surface area contributed by atoms with Crippen LogP contribution in [0.25, 0.3) is 0 Å². The van der Waals surface area contributed by atoms with Crippen molar-refractivity contribution in [2.75, 3.05) is 31.6 Å². The van der Waals surface area contributed by atoms with E-state index in [0.717, 1.165) is 25.3 Å². The molecule has 0 spiro atoms. The average Bonchev–Trinajstić information content (AvgIpc) is 3.09. The van der Waals surface area contributed by atoms with Crippen molar-refractivity contribution in [3.05, 3.63) is 65.2 Å². The van der Waals surface area contributed by atoms with Gasteiger partial charge in [-0.1, -0.05) is 30.3 Å². The van der Waals surface area contributed by atoms with Gasteiger partial charge in [0, 0.05) is 38.6 Å². The Kier molecular flexibility index (Phi) is 4.97. The van der Waals surface area contributed by atoms with Crippen LogP contribution in [0.2, 0.25) is 0 Å². The summed E-state index contributed by atoms with van der Waals surface area (Å²) in [6.07, 6.45) is 1.89. The van der Waals surface area contributed by atoms with Gasteiger partial charge >= 0.3 is 0 Å². The minimum Gasteiger partial charge on any atom is -0.365 e. The Labute approximate surface area is 158 Å². The third-order valence-corrected chi connectivity index (χ3v) is 5.48. The fourth-order valence-corrected chi connectivity index (χ4v) is 4.02. The van der Waals surface area contributed by atoms with Crippen LogP contribution in [0.1, 0.15) is 23.5 Å². The first-order valence-corrected chi connectivity index (χ1v) is 9.39. The molecule has 4 rings (SSSR count). The van der Waals surface area contributed by atoms with Crippen LogP contribution in [0, 0.1) is 11.6 Å². The Bertz CT molecular complexity index is 832. The zero-order valence-electron chi connectivity index (χ0n) is 15.4. The number of hydrogen-bond acceptors (Lipinski definition) is 2. The first kappa shape index (κ1) is 17.8. The van der Waals surface area contributed by atoms with E-state index in [1.54, 1.807) is 11.9 Å². The Morgan fingerprint density at radius 1 is 1.15 bits per heavy atom. The predicted molar refractivity (Wildman–Crippen MR) is 104 cm³/mol. The number of halogens is 2. The van der Waals surface area contributed by atoms with Crippen LogP contribution in [0.4, 0.5) is 14.5 Å². The van der Waals surface area contributed by atoms with Crippen molar-refractivity contribution in [1.82, 2.24) is 10.6 Å². The van der Waals surface area contributed by atoms with Crippen LogP contribution < -0.4 is 15.5 Å². The number of benzene rings is 2. The number of para-hydroxylation sites is 1. The normalized spacial score (nSPS) is 21.6. The van der Waals surface area contributed by atoms with Crippen molar-refractivity contribution in [3.63, 3.8) is 0 Å². The molecule has 0 radical (unpaired) electrons. The van der Waals surface area contributed by atoms with Crippen LogP contribution in [0.15, 0.2) is 47.5 Å². The molecule has 4 nitrogen and oxygen atoms in total. The molecule has 1 aliphatic heterocycles. The molecule has 2 atom stereocenters. The van der Waals surface area contributed by atoms with E-state index in [-0.39, 0.29) is 11.7 Å². The van der Waals surface area contributed by atoms with Gasteiger partial charge in [0.15, 0.2) is 5.96 Å². The highest BCUT2D eigenvalue weighted by atomic mass is 19.1. The fourth-order valence-electron chi connectivity index (χ4n) is 4.02. The summed E-state index contributed by atoms with van der Waals surface area (Å²) in [5.74, 6) is 0.219. The summed E-state index contributed by atoms with van der Waals surface area (Å²) in [5.41, 5.74) is 2.89. The maximum Gasteiger partial charge on any atom is 0.191 e. The van der Waals surface area contributed by atoms with Crippen molar-refractivity contribution >= 4 is 11.6 Å². The van der Waals surface area contributed by atoms with Crippen molar-refractivity contribution in [1.29, 1.82) is 0 Å². The first-order valence-electron chi connectivity index (χ1n) is 9.39. The van der Waals surface area contributed by atoms with Gasteiger partial charge in [-0.25, -0.2) is 8.78 Å². The molecule has 142 valence electrons. The van der Waals surface area contributed by atoms with Crippen molar-refractivity contribution < 1.29 is 8.78 Å². The molecule has 2 unspecified atom stereocenters. The van der Waals surface area contributed by atoms with Crippen LogP contribution >= 0.6 is 0 Å². The summed E-state index contributed by atoms with van der Waals surface area (Å²) in [6.45, 7) is 1.99. The highest BCUT2D eigenvalue weighted by Crippen LogP contribution is 2.34. The van der Waals surface area contributed by atoms with E-state index in [1.807, 2.05) is 0 Å². The summed E-state index contributed by atoms with van der Waals surface area (Å²) >= 11 is 0. The van der Waals surface area contributed by atoms with E-state index in [2.05, 4.69) is 39.9 Å². The van der Waals surface area contributed by atoms with Crippen molar-refractivity contribution in [3.8, 4) is 0 Å². The quantitative estimate of drug-likeness (QED) is 0.642. The molecule has 1 heterocycles. The van der Waals surface area contributed by atoms with E-state index in [4.69, 9.17) is 0 Å². The van der Waals surface area contributed by atoms with Gasteiger partial charge in [0.25, 0.3) is 0 Å². The minimum atomic E-state index is -0.512. The predicted octanol–water partition coefficient (Wildman–Crippen LogP) is 3.05. The van der Waals surface area contributed by atoms with Crippen LogP contribution in [-0.4, -0.2) is 38.7 Å². The maximum atomic E-state index is 14.0. The van der Waals surface area contributed by atoms with E-state index in [1.165, 1.54) is 29.3 Å². The minimum absolute atomic E-state index is 0.0656. The van der Waals surface area contributed by atoms with Gasteiger partial charge in [-0.15, -0.1) is 0 Å². The molecule has 1 saturated heterocycles. The fraction of sp³-hybridized carbons (Fsp3) is 0.381. The van der Waals surface area contributed by atoms with Gasteiger partial charge in [-0.3, -0.25) is 4.99 Å². The summed E-state index contributed by atoms with van der Waals surface area (Å²) in [7, 11) is 1.74. The Hall–Kier alpha value is -2.63. The summed E-state index contributed by atoms with van der Waals surface area (Å²) in [6, 6.07) is 12.6. The summed E-state index contributed by atoms with van der Waals surface area (Å²) in [4.78, 5) is 6.06. The van der Waals surface area contributed by atoms with Crippen molar-refractivity contribution in [2.45, 2.75) is 24.8 Å². The third-order valence-electron chi connectivity index (χ3n) is 5.48. The number of aliphatic imine (C=N–C) groups is 1. The van der Waals surface area contributed by atoms with Gasteiger partial charge in [-0.2, -0.15) is 0 Å². The first-order chi connectivity index (χ1) is 13.2. The topological polar surface area (TPSA) is 39.7 Å². The highest BCUT2D eigenvalue weighted by Gasteiger charge is 2.28. The summed E-state index contributed by atoms with van der Waals surface area (Å²) < 4.78 is 28.0. The molecule has 0 aromatic heterocycles. The van der Waals surface area contributed by atoms with E-state index < -0.39 is 11.6 Å². The van der Waals surface area contributed by atoms with Gasteiger partial charge in [0.1, 0.15) is 17.3 Å². The molecule has 2 N–H and O–H groups in total. The largest absolute Gasteiger partial charge is 0.365 e. The standard InChI is InChI=1S/C21H24F2N4/c1-24-21(25-12-15-11-14-5-2-3-6-17(14)15)26-16-9-10-27(13-16)20-18(22)7-4-8-19(20)23/h2-8,15-16H,9-13H2,1H3,(H2,24,25,26). The molecule has 27 heavy (non-hydrogen) atoms. The smallest absolute Gasteiger partial charge is 0.191 e. The van der Waals surface area contributed by atoms with Gasteiger partial charge < -0.3 is 15.5 Å². The average molecular weight is 370 g/mol. The van der Waals surface area contributed by atoms with Crippen LogP contribution in [-0.2, 0) is 6.42 Å². The summed E-state index contributed by atoms with van der Waals surface area (Å²) in [5, 5.41) is 6.77. The zero-order valence-corrected chi connectivity index (χ0v) is 15.4. The lowest BCUT2D eigenvalue weighted by molar-refractivity contribution is 0.570. The van der Waals surface area contributed by atoms with Crippen LogP contribution in [0.3, 0.4) is 0 Å². The maximum absolute atomic E-state index is 14.0. The number of guanidine groups is 1. The molecule has 0 bridgehead atoms. The molecule has 0 amide bonds. The number of anilines is 1. The number of fused-ring (bicyclic) bond motifs is 1. The van der Waals surface area contributed by atoms with Gasteiger partial charge in [0.05, 0.1) is 0 Å². The molecule has 2 aromatic rings. The molecule has 2 aliphatic rings. The Morgan fingerprint density at radius 2 is 1.93 bits per heavy atom. The number of hydrogen-bond donors (Lipinski definition) is 2. The van der Waals surface area contributed by atoms with Gasteiger partial charge in [-0.05, 0) is 36.1 Å². The van der Waals surface area contributed by atoms with E-state index in [9.17, 15) is 8.78 Å². The molecule has 1 fully saturated rings. The number of rotatable bonds is 4. The Balaban J connectivity index is 1.31. The number of nitrogens with one attached hydrogen (secondary N) is 2. The molecule has 6 heteroatoms. The third kappa shape index (κ3) is 3.61. The van der Waals surface area contributed by atoms with Crippen LogP contribution in [0.5, 0.6) is 0 Å². The number of nitrogens with zero attached hydrogens (tertiary/aromatic N) is 2. The highest BCUT2D eigenvalue weighted by molar-refractivity contribution is 5.80. The molecule has 1 aliphatic carbocycles. The second-order valence-corrected chi connectivity index (χ2v) is 7.20. The molecule has 0 saturated carbocycles. The second-order valence-electron chi connectivity index (χ2n) is 7.20. The lowest BCUT2D eigenvalue weighted by Gasteiger charge is -2.31. The van der Waals surface area contributed by atoms with Crippen molar-refractivity contribution in [2.24, 2.45) is 4.99 Å². The van der Waals surface area contributed by atoms with Gasteiger partial charge in [0.2, 0.25) is 0 Å². The molecular formula is C21H24F2N4. The zero-order chi connectivity index (χ0) is 18.8. The van der Waals surface area contributed by atoms with E-state index in [0.29, 0.717) is 19.0 Å². The lowest BCUT2D eigenvalue weighted by atomic mass is 9.78.